The number of hydrogen-bond donors (Lipinski definition) is 1. The zero-order valence-electron chi connectivity index (χ0n) is 13.8. The number of hydrogen-bond acceptors (Lipinski definition) is 4. The van der Waals surface area contributed by atoms with Crippen molar-refractivity contribution in [3.63, 3.8) is 0 Å². The van der Waals surface area contributed by atoms with E-state index in [-0.39, 0.29) is 12.4 Å². The lowest BCUT2D eigenvalue weighted by Crippen LogP contribution is -2.28. The molecule has 23 heavy (non-hydrogen) atoms. The molecular weight excluding hydrogens is 312 g/mol. The van der Waals surface area contributed by atoms with Gasteiger partial charge < -0.3 is 10.1 Å². The molecule has 0 fully saturated rings. The molecule has 3 rings (SSSR count). The van der Waals surface area contributed by atoms with E-state index in [0.29, 0.717) is 0 Å². The molecular formula is C17H25ClN4O. The zero-order chi connectivity index (χ0) is 15.4. The largest absolute Gasteiger partial charge is 0.384 e. The molecule has 1 aromatic heterocycles. The Morgan fingerprint density at radius 2 is 2.17 bits per heavy atom. The summed E-state index contributed by atoms with van der Waals surface area (Å²) in [6.45, 7) is 4.49. The van der Waals surface area contributed by atoms with Crippen LogP contribution in [0.25, 0.3) is 0 Å². The molecule has 0 spiro atoms. The van der Waals surface area contributed by atoms with Crippen LogP contribution in [0.1, 0.15) is 16.8 Å². The van der Waals surface area contributed by atoms with Crippen LogP contribution in [0.4, 0.5) is 5.69 Å². The second kappa shape index (κ2) is 8.34. The Bertz CT molecular complexity index is 629. The third kappa shape index (κ3) is 4.25. The number of anilines is 1. The number of fused-ring (bicyclic) bond motifs is 1. The van der Waals surface area contributed by atoms with Crippen LogP contribution in [-0.2, 0) is 31.3 Å². The van der Waals surface area contributed by atoms with Crippen molar-refractivity contribution < 1.29 is 4.74 Å². The Hall–Kier alpha value is -1.56. The quantitative estimate of drug-likeness (QED) is 0.843. The lowest BCUT2D eigenvalue weighted by Gasteiger charge is -2.23. The van der Waals surface area contributed by atoms with E-state index >= 15 is 0 Å². The first kappa shape index (κ1) is 17.8. The van der Waals surface area contributed by atoms with E-state index in [9.17, 15) is 0 Å². The number of benzene rings is 1. The summed E-state index contributed by atoms with van der Waals surface area (Å²) in [6, 6.07) is 8.69. The van der Waals surface area contributed by atoms with Gasteiger partial charge in [0.1, 0.15) is 0 Å². The Morgan fingerprint density at radius 3 is 2.91 bits per heavy atom. The molecule has 126 valence electrons. The number of nitrogens with zero attached hydrogens (tertiary/aromatic N) is 3. The van der Waals surface area contributed by atoms with Crippen molar-refractivity contribution in [2.75, 3.05) is 32.1 Å². The average molecular weight is 337 g/mol. The molecule has 1 aliphatic rings. The highest BCUT2D eigenvalue weighted by atomic mass is 35.5. The fourth-order valence-corrected chi connectivity index (χ4v) is 3.00. The van der Waals surface area contributed by atoms with Crippen LogP contribution in [0, 0.1) is 0 Å². The summed E-state index contributed by atoms with van der Waals surface area (Å²) in [5.74, 6) is 0. The third-order valence-electron chi connectivity index (χ3n) is 4.25. The van der Waals surface area contributed by atoms with E-state index in [1.165, 1.54) is 22.5 Å². The fourth-order valence-electron chi connectivity index (χ4n) is 3.00. The summed E-state index contributed by atoms with van der Waals surface area (Å²) in [5.41, 5.74) is 5.35. The molecule has 1 N–H and O–H groups in total. The lowest BCUT2D eigenvalue weighted by atomic mass is 10.1. The van der Waals surface area contributed by atoms with E-state index in [2.05, 4.69) is 39.6 Å². The molecule has 2 aromatic rings. The van der Waals surface area contributed by atoms with E-state index in [1.54, 1.807) is 7.11 Å². The monoisotopic (exact) mass is 336 g/mol. The molecule has 0 radical (unpaired) electrons. The van der Waals surface area contributed by atoms with Gasteiger partial charge in [-0.1, -0.05) is 18.2 Å². The third-order valence-corrected chi connectivity index (χ3v) is 4.25. The Morgan fingerprint density at radius 1 is 1.30 bits per heavy atom. The van der Waals surface area contributed by atoms with Crippen LogP contribution in [-0.4, -0.2) is 41.5 Å². The van der Waals surface area contributed by atoms with Gasteiger partial charge in [0.25, 0.3) is 0 Å². The number of ether oxygens (including phenoxy) is 1. The molecule has 0 aliphatic carbocycles. The first-order valence-corrected chi connectivity index (χ1v) is 7.80. The normalized spacial score (nSPS) is 12.8. The van der Waals surface area contributed by atoms with Crippen molar-refractivity contribution in [3.8, 4) is 0 Å². The molecule has 0 bridgehead atoms. The molecule has 0 saturated carbocycles. The molecule has 1 aromatic carbocycles. The van der Waals surface area contributed by atoms with Gasteiger partial charge in [0.15, 0.2) is 0 Å². The number of para-hydroxylation sites is 1. The topological polar surface area (TPSA) is 42.3 Å². The van der Waals surface area contributed by atoms with E-state index in [0.717, 1.165) is 39.2 Å². The van der Waals surface area contributed by atoms with Crippen molar-refractivity contribution in [3.05, 3.63) is 47.3 Å². The molecule has 5 nitrogen and oxygen atoms in total. The molecule has 0 atom stereocenters. The number of aromatic nitrogens is 2. The number of rotatable bonds is 7. The van der Waals surface area contributed by atoms with Crippen LogP contribution in [0.2, 0.25) is 0 Å². The smallest absolute Gasteiger partial charge is 0.0589 e. The predicted molar refractivity (Wildman–Crippen MR) is 95.1 cm³/mol. The van der Waals surface area contributed by atoms with Gasteiger partial charge >= 0.3 is 0 Å². The van der Waals surface area contributed by atoms with E-state index in [1.807, 2.05) is 17.9 Å². The van der Waals surface area contributed by atoms with Crippen molar-refractivity contribution in [2.45, 2.75) is 19.5 Å². The van der Waals surface area contributed by atoms with Crippen molar-refractivity contribution in [2.24, 2.45) is 7.05 Å². The van der Waals surface area contributed by atoms with Gasteiger partial charge in [-0.15, -0.1) is 12.4 Å². The van der Waals surface area contributed by atoms with Gasteiger partial charge in [-0.25, -0.2) is 0 Å². The maximum absolute atomic E-state index is 5.27. The number of nitrogens with one attached hydrogen (secondary N) is 1. The summed E-state index contributed by atoms with van der Waals surface area (Å²) in [6.07, 6.45) is 2.98. The van der Waals surface area contributed by atoms with Crippen molar-refractivity contribution in [1.82, 2.24) is 14.7 Å². The highest BCUT2D eigenvalue weighted by molar-refractivity contribution is 5.85. The van der Waals surface area contributed by atoms with Gasteiger partial charge in [-0.3, -0.25) is 9.58 Å². The summed E-state index contributed by atoms with van der Waals surface area (Å²) in [7, 11) is 3.75. The second-order valence-corrected chi connectivity index (χ2v) is 5.78. The number of methoxy groups -OCH3 is 1. The fraction of sp³-hybridized carbons (Fsp3) is 0.471. The van der Waals surface area contributed by atoms with Crippen molar-refractivity contribution >= 4 is 18.1 Å². The minimum Gasteiger partial charge on any atom is -0.384 e. The molecule has 0 unspecified atom stereocenters. The molecule has 0 saturated heterocycles. The number of aryl methyl sites for hydroxylation is 1. The number of halogens is 1. The summed E-state index contributed by atoms with van der Waals surface area (Å²) >= 11 is 0. The molecule has 1 aliphatic heterocycles. The highest BCUT2D eigenvalue weighted by Crippen LogP contribution is 2.27. The van der Waals surface area contributed by atoms with Gasteiger partial charge in [0.05, 0.1) is 12.3 Å². The van der Waals surface area contributed by atoms with Crippen LogP contribution in [0.3, 0.4) is 0 Å². The van der Waals surface area contributed by atoms with Crippen LogP contribution in [0.5, 0.6) is 0 Å². The first-order valence-electron chi connectivity index (χ1n) is 7.80. The molecule has 0 amide bonds. The Kier molecular flexibility index (Phi) is 6.45. The van der Waals surface area contributed by atoms with E-state index < -0.39 is 0 Å². The molecule has 2 heterocycles. The first-order chi connectivity index (χ1) is 10.8. The van der Waals surface area contributed by atoms with Crippen LogP contribution >= 0.6 is 12.4 Å². The standard InChI is InChI=1S/C17H24N4O.ClH/c1-20-16(7-9-19-20)13-21(10-11-22-2)12-15-5-3-4-14-6-8-18-17(14)15;/h3-5,7,9,18H,6,8,10-13H2,1-2H3;1H. The summed E-state index contributed by atoms with van der Waals surface area (Å²) in [5, 5.41) is 7.79. The minimum absolute atomic E-state index is 0. The van der Waals surface area contributed by atoms with Gasteiger partial charge in [-0.2, -0.15) is 5.10 Å². The van der Waals surface area contributed by atoms with Crippen LogP contribution < -0.4 is 5.32 Å². The maximum atomic E-state index is 5.27. The summed E-state index contributed by atoms with van der Waals surface area (Å²) < 4.78 is 7.21. The zero-order valence-corrected chi connectivity index (χ0v) is 14.6. The minimum atomic E-state index is 0. The highest BCUT2D eigenvalue weighted by Gasteiger charge is 2.16. The summed E-state index contributed by atoms with van der Waals surface area (Å²) in [4.78, 5) is 2.41. The van der Waals surface area contributed by atoms with Gasteiger partial charge in [-0.05, 0) is 23.6 Å². The van der Waals surface area contributed by atoms with Crippen molar-refractivity contribution in [1.29, 1.82) is 0 Å². The van der Waals surface area contributed by atoms with Gasteiger partial charge in [0.2, 0.25) is 0 Å². The predicted octanol–water partition coefficient (Wildman–Crippen LogP) is 2.46. The van der Waals surface area contributed by atoms with Gasteiger partial charge in [0, 0.05) is 52.2 Å². The SMILES string of the molecule is COCCN(Cc1cccc2c1NCC2)Cc1ccnn1C.Cl. The van der Waals surface area contributed by atoms with Crippen LogP contribution in [0.15, 0.2) is 30.5 Å². The van der Waals surface area contributed by atoms with E-state index in [4.69, 9.17) is 4.74 Å². The maximum Gasteiger partial charge on any atom is 0.0589 e. The second-order valence-electron chi connectivity index (χ2n) is 5.78. The molecule has 6 heteroatoms. The Balaban J connectivity index is 0.00000192. The Labute approximate surface area is 144 Å². The average Bonchev–Trinajstić information content (AvgIpc) is 3.15. The lowest BCUT2D eigenvalue weighted by molar-refractivity contribution is 0.138.